The van der Waals surface area contributed by atoms with Crippen LogP contribution in [0.1, 0.15) is 37.1 Å². The van der Waals surface area contributed by atoms with Crippen LogP contribution in [0, 0.1) is 5.92 Å². The quantitative estimate of drug-likeness (QED) is 0.729. The lowest BCUT2D eigenvalue weighted by atomic mass is 10.1. The van der Waals surface area contributed by atoms with Gasteiger partial charge < -0.3 is 9.84 Å². The van der Waals surface area contributed by atoms with Crippen molar-refractivity contribution in [3.8, 4) is 0 Å². The predicted octanol–water partition coefficient (Wildman–Crippen LogP) is 3.80. The molecule has 0 bridgehead atoms. The van der Waals surface area contributed by atoms with E-state index >= 15 is 0 Å². The Hall–Kier alpha value is -1.13. The minimum Gasteiger partial charge on any atom is -0.478 e. The lowest BCUT2D eigenvalue weighted by molar-refractivity contribution is -0.131. The van der Waals surface area contributed by atoms with Crippen LogP contribution in [0.5, 0.6) is 0 Å². The molecule has 1 rings (SSSR count). The van der Waals surface area contributed by atoms with E-state index in [1.54, 1.807) is 17.4 Å². The normalized spacial score (nSPS) is 13.0. The summed E-state index contributed by atoms with van der Waals surface area (Å²) in [5, 5.41) is 10.6. The third-order valence-electron chi connectivity index (χ3n) is 2.60. The summed E-state index contributed by atoms with van der Waals surface area (Å²) in [5.41, 5.74) is 0.936. The Kier molecular flexibility index (Phi) is 6.68. The van der Waals surface area contributed by atoms with E-state index in [2.05, 4.69) is 13.8 Å². The first-order chi connectivity index (χ1) is 8.63. The molecule has 1 heterocycles. The van der Waals surface area contributed by atoms with E-state index in [4.69, 9.17) is 9.84 Å². The first-order valence-corrected chi connectivity index (χ1v) is 7.06. The van der Waals surface area contributed by atoms with Gasteiger partial charge in [-0.25, -0.2) is 4.79 Å². The topological polar surface area (TPSA) is 46.5 Å². The monoisotopic (exact) mass is 268 g/mol. The summed E-state index contributed by atoms with van der Waals surface area (Å²) >= 11 is 1.60. The molecule has 0 aliphatic carbocycles. The van der Waals surface area contributed by atoms with E-state index in [1.165, 1.54) is 12.8 Å². The van der Waals surface area contributed by atoms with E-state index in [9.17, 15) is 4.79 Å². The average Bonchev–Trinajstić information content (AvgIpc) is 2.74. The molecule has 0 aliphatic heterocycles. The van der Waals surface area contributed by atoms with Gasteiger partial charge in [0.1, 0.15) is 0 Å². The second kappa shape index (κ2) is 8.06. The van der Waals surface area contributed by atoms with Crippen molar-refractivity contribution in [2.45, 2.75) is 33.3 Å². The molecule has 1 aromatic heterocycles. The maximum atomic E-state index is 10.5. The maximum Gasteiger partial charge on any atom is 0.328 e. The summed E-state index contributed by atoms with van der Waals surface area (Å²) in [6, 6.07) is 1.91. The molecule has 1 aromatic rings. The molecule has 3 nitrogen and oxygen atoms in total. The van der Waals surface area contributed by atoms with Crippen LogP contribution in [0.25, 0.3) is 6.08 Å². The lowest BCUT2D eigenvalue weighted by Gasteiger charge is -2.10. The van der Waals surface area contributed by atoms with Gasteiger partial charge in [-0.3, -0.25) is 0 Å². The molecule has 0 radical (unpaired) electrons. The van der Waals surface area contributed by atoms with Crippen molar-refractivity contribution < 1.29 is 14.6 Å². The van der Waals surface area contributed by atoms with E-state index in [0.29, 0.717) is 12.5 Å². The van der Waals surface area contributed by atoms with Gasteiger partial charge in [0.15, 0.2) is 0 Å². The Morgan fingerprint density at radius 3 is 3.06 bits per heavy atom. The molecule has 1 unspecified atom stereocenters. The third-order valence-corrected chi connectivity index (χ3v) is 3.51. The van der Waals surface area contributed by atoms with Crippen LogP contribution in [-0.2, 0) is 16.1 Å². The summed E-state index contributed by atoms with van der Waals surface area (Å²) in [6.07, 6.45) is 5.13. The average molecular weight is 268 g/mol. The largest absolute Gasteiger partial charge is 0.478 e. The van der Waals surface area contributed by atoms with Crippen LogP contribution in [0.3, 0.4) is 0 Å². The van der Waals surface area contributed by atoms with Gasteiger partial charge in [-0.1, -0.05) is 20.3 Å². The lowest BCUT2D eigenvalue weighted by Crippen LogP contribution is -2.05. The van der Waals surface area contributed by atoms with Gasteiger partial charge in [0.2, 0.25) is 0 Å². The van der Waals surface area contributed by atoms with Gasteiger partial charge in [-0.2, -0.15) is 0 Å². The van der Waals surface area contributed by atoms with Crippen molar-refractivity contribution in [1.82, 2.24) is 0 Å². The summed E-state index contributed by atoms with van der Waals surface area (Å²) in [7, 11) is 0. The van der Waals surface area contributed by atoms with Crippen molar-refractivity contribution in [3.05, 3.63) is 28.0 Å². The summed E-state index contributed by atoms with van der Waals surface area (Å²) in [4.78, 5) is 11.5. The molecule has 0 aromatic carbocycles. The number of aliphatic carboxylic acids is 1. The van der Waals surface area contributed by atoms with Crippen molar-refractivity contribution in [1.29, 1.82) is 0 Å². The standard InChI is InChI=1S/C14H20O3S/c1-3-4-11(2)9-17-10-13-12(7-8-18-13)5-6-14(15)16/h5-8,11H,3-4,9-10H2,1-2H3,(H,15,16)/b6-5+. The fourth-order valence-electron chi connectivity index (χ4n) is 1.71. The van der Waals surface area contributed by atoms with Crippen LogP contribution in [0.15, 0.2) is 17.5 Å². The zero-order valence-corrected chi connectivity index (χ0v) is 11.7. The van der Waals surface area contributed by atoms with E-state index in [0.717, 1.165) is 23.1 Å². The highest BCUT2D eigenvalue weighted by Crippen LogP contribution is 2.20. The summed E-state index contributed by atoms with van der Waals surface area (Å²) < 4.78 is 5.67. The molecular formula is C14H20O3S. The van der Waals surface area contributed by atoms with Gasteiger partial charge in [-0.15, -0.1) is 11.3 Å². The molecule has 1 N–H and O–H groups in total. The number of ether oxygens (including phenoxy) is 1. The Morgan fingerprint density at radius 2 is 2.39 bits per heavy atom. The number of hydrogen-bond donors (Lipinski definition) is 1. The van der Waals surface area contributed by atoms with Gasteiger partial charge in [-0.05, 0) is 35.4 Å². The van der Waals surface area contributed by atoms with Crippen molar-refractivity contribution in [2.24, 2.45) is 5.92 Å². The number of carboxylic acid groups (broad SMARTS) is 1. The highest BCUT2D eigenvalue weighted by Gasteiger charge is 2.05. The maximum absolute atomic E-state index is 10.5. The van der Waals surface area contributed by atoms with Crippen LogP contribution in [0.2, 0.25) is 0 Å². The molecule has 0 saturated carbocycles. The number of carbonyl (C=O) groups is 1. The molecule has 0 fully saturated rings. The number of rotatable bonds is 8. The summed E-state index contributed by atoms with van der Waals surface area (Å²) in [5.74, 6) is -0.349. The Labute approximate surface area is 112 Å². The molecule has 18 heavy (non-hydrogen) atoms. The van der Waals surface area contributed by atoms with Crippen LogP contribution >= 0.6 is 11.3 Å². The number of hydrogen-bond acceptors (Lipinski definition) is 3. The van der Waals surface area contributed by atoms with Gasteiger partial charge in [0.25, 0.3) is 0 Å². The third kappa shape index (κ3) is 5.47. The molecular weight excluding hydrogens is 248 g/mol. The number of carboxylic acids is 1. The Morgan fingerprint density at radius 1 is 1.61 bits per heavy atom. The van der Waals surface area contributed by atoms with Crippen LogP contribution in [0.4, 0.5) is 0 Å². The highest BCUT2D eigenvalue weighted by molar-refractivity contribution is 7.10. The Bertz CT molecular complexity index is 395. The smallest absolute Gasteiger partial charge is 0.328 e. The van der Waals surface area contributed by atoms with Crippen LogP contribution in [-0.4, -0.2) is 17.7 Å². The minimum atomic E-state index is -0.926. The predicted molar refractivity (Wildman–Crippen MR) is 74.7 cm³/mol. The first kappa shape index (κ1) is 14.9. The highest BCUT2D eigenvalue weighted by atomic mass is 32.1. The zero-order valence-electron chi connectivity index (χ0n) is 10.9. The molecule has 100 valence electrons. The second-order valence-corrected chi connectivity index (χ2v) is 5.38. The SMILES string of the molecule is CCCC(C)COCc1sccc1/C=C/C(=O)O. The fourth-order valence-corrected chi connectivity index (χ4v) is 2.51. The molecule has 0 aliphatic rings. The van der Waals surface area contributed by atoms with Crippen LogP contribution < -0.4 is 0 Å². The van der Waals surface area contributed by atoms with E-state index in [-0.39, 0.29) is 0 Å². The van der Waals surface area contributed by atoms with Crippen molar-refractivity contribution in [2.75, 3.05) is 6.61 Å². The van der Waals surface area contributed by atoms with Gasteiger partial charge in [0.05, 0.1) is 6.61 Å². The van der Waals surface area contributed by atoms with Gasteiger partial charge in [0, 0.05) is 17.6 Å². The molecule has 1 atom stereocenters. The fraction of sp³-hybridized carbons (Fsp3) is 0.500. The molecule has 0 amide bonds. The zero-order chi connectivity index (χ0) is 13.4. The molecule has 0 saturated heterocycles. The molecule has 4 heteroatoms. The number of thiophene rings is 1. The Balaban J connectivity index is 2.43. The van der Waals surface area contributed by atoms with Gasteiger partial charge >= 0.3 is 5.97 Å². The second-order valence-electron chi connectivity index (χ2n) is 4.38. The van der Waals surface area contributed by atoms with E-state index < -0.39 is 5.97 Å². The molecule has 0 spiro atoms. The van der Waals surface area contributed by atoms with Crippen molar-refractivity contribution in [3.63, 3.8) is 0 Å². The summed E-state index contributed by atoms with van der Waals surface area (Å²) in [6.45, 7) is 5.67. The minimum absolute atomic E-state index is 0.561. The van der Waals surface area contributed by atoms with Crippen molar-refractivity contribution >= 4 is 23.4 Å². The van der Waals surface area contributed by atoms with E-state index in [1.807, 2.05) is 11.4 Å². The first-order valence-electron chi connectivity index (χ1n) is 6.18.